The quantitative estimate of drug-likeness (QED) is 0.878. The molecule has 6 nitrogen and oxygen atoms in total. The number of nitrogens with zero attached hydrogens (tertiary/aromatic N) is 2. The van der Waals surface area contributed by atoms with E-state index in [9.17, 15) is 4.79 Å². The first-order chi connectivity index (χ1) is 11.0. The van der Waals surface area contributed by atoms with Gasteiger partial charge in [-0.1, -0.05) is 0 Å². The number of hydrogen-bond acceptors (Lipinski definition) is 6. The van der Waals surface area contributed by atoms with E-state index >= 15 is 0 Å². The van der Waals surface area contributed by atoms with Gasteiger partial charge in [-0.2, -0.15) is 4.98 Å². The molecule has 0 aromatic carbocycles. The first kappa shape index (κ1) is 16.1. The van der Waals surface area contributed by atoms with Crippen molar-refractivity contribution in [3.8, 4) is 5.88 Å². The zero-order valence-corrected chi connectivity index (χ0v) is 14.6. The summed E-state index contributed by atoms with van der Waals surface area (Å²) in [7, 11) is 3.17. The van der Waals surface area contributed by atoms with E-state index in [1.54, 1.807) is 14.2 Å². The lowest BCUT2D eigenvalue weighted by atomic mass is 10.1. The maximum atomic E-state index is 12.6. The molecule has 2 aromatic heterocycles. The Balaban J connectivity index is 1.97. The minimum absolute atomic E-state index is 0.0414. The Hall–Kier alpha value is -1.73. The third-order valence-electron chi connectivity index (χ3n) is 4.16. The van der Waals surface area contributed by atoms with Gasteiger partial charge in [-0.15, -0.1) is 11.3 Å². The first-order valence-corrected chi connectivity index (χ1v) is 8.50. The molecule has 1 amide bonds. The molecule has 1 aliphatic rings. The van der Waals surface area contributed by atoms with Gasteiger partial charge in [-0.25, -0.2) is 4.98 Å². The second-order valence-electron chi connectivity index (χ2n) is 5.92. The average molecular weight is 335 g/mol. The van der Waals surface area contributed by atoms with Gasteiger partial charge in [0.1, 0.15) is 11.4 Å². The van der Waals surface area contributed by atoms with Crippen molar-refractivity contribution in [2.75, 3.05) is 14.2 Å². The summed E-state index contributed by atoms with van der Waals surface area (Å²) in [4.78, 5) is 22.8. The molecule has 1 unspecified atom stereocenters. The van der Waals surface area contributed by atoms with E-state index in [4.69, 9.17) is 9.47 Å². The predicted octanol–water partition coefficient (Wildman–Crippen LogP) is 2.68. The predicted molar refractivity (Wildman–Crippen MR) is 89.1 cm³/mol. The number of carbonyl (C=O) groups excluding carboxylic acids is 1. The van der Waals surface area contributed by atoms with Gasteiger partial charge in [0.25, 0.3) is 5.91 Å². The van der Waals surface area contributed by atoms with Crippen molar-refractivity contribution in [2.24, 2.45) is 5.92 Å². The lowest BCUT2D eigenvalue weighted by molar-refractivity contribution is 0.0939. The van der Waals surface area contributed by atoms with Crippen molar-refractivity contribution in [3.63, 3.8) is 0 Å². The van der Waals surface area contributed by atoms with Crippen molar-refractivity contribution in [1.29, 1.82) is 0 Å². The van der Waals surface area contributed by atoms with Crippen molar-refractivity contribution >= 4 is 27.5 Å². The number of amides is 1. The minimum atomic E-state index is -0.0414. The Morgan fingerprint density at radius 3 is 2.74 bits per heavy atom. The van der Waals surface area contributed by atoms with Crippen LogP contribution in [0.5, 0.6) is 5.88 Å². The number of rotatable bonds is 6. The average Bonchev–Trinajstić information content (AvgIpc) is 3.32. The molecule has 1 N–H and O–H groups in total. The van der Waals surface area contributed by atoms with E-state index in [-0.39, 0.29) is 11.9 Å². The van der Waals surface area contributed by atoms with Gasteiger partial charge < -0.3 is 14.8 Å². The number of ether oxygens (including phenoxy) is 2. The van der Waals surface area contributed by atoms with Crippen LogP contribution in [0, 0.1) is 12.8 Å². The van der Waals surface area contributed by atoms with Crippen LogP contribution in [0.15, 0.2) is 0 Å². The molecule has 3 rings (SSSR count). The third kappa shape index (κ3) is 3.16. The van der Waals surface area contributed by atoms with Gasteiger partial charge in [0, 0.05) is 13.2 Å². The zero-order valence-electron chi connectivity index (χ0n) is 13.8. The Bertz CT molecular complexity index is 740. The van der Waals surface area contributed by atoms with Crippen LogP contribution >= 0.6 is 11.3 Å². The van der Waals surface area contributed by atoms with Crippen LogP contribution in [-0.2, 0) is 11.3 Å². The summed E-state index contributed by atoms with van der Waals surface area (Å²) in [6.07, 6.45) is 2.40. The molecule has 1 saturated carbocycles. The van der Waals surface area contributed by atoms with Crippen LogP contribution in [0.3, 0.4) is 0 Å². The van der Waals surface area contributed by atoms with Gasteiger partial charge in [-0.3, -0.25) is 4.79 Å². The summed E-state index contributed by atoms with van der Waals surface area (Å²) in [6, 6.07) is 0.212. The number of fused-ring (bicyclic) bond motifs is 1. The van der Waals surface area contributed by atoms with Crippen LogP contribution in [-0.4, -0.2) is 36.1 Å². The highest BCUT2D eigenvalue weighted by Crippen LogP contribution is 2.36. The smallest absolute Gasteiger partial charge is 0.261 e. The molecule has 1 atom stereocenters. The number of aromatic nitrogens is 2. The molecule has 0 saturated heterocycles. The van der Waals surface area contributed by atoms with E-state index in [1.165, 1.54) is 24.2 Å². The molecule has 23 heavy (non-hydrogen) atoms. The second kappa shape index (κ2) is 6.41. The number of thiophene rings is 1. The number of methoxy groups -OCH3 is 2. The second-order valence-corrected chi connectivity index (χ2v) is 6.92. The Labute approximate surface area is 139 Å². The van der Waals surface area contributed by atoms with Gasteiger partial charge in [0.15, 0.2) is 5.82 Å². The summed E-state index contributed by atoms with van der Waals surface area (Å²) in [5.74, 6) is 1.62. The molecule has 0 spiro atoms. The van der Waals surface area contributed by atoms with Crippen molar-refractivity contribution in [3.05, 3.63) is 16.3 Å². The van der Waals surface area contributed by atoms with Gasteiger partial charge in [0.05, 0.1) is 17.4 Å². The Kier molecular flexibility index (Phi) is 4.50. The first-order valence-electron chi connectivity index (χ1n) is 7.69. The summed E-state index contributed by atoms with van der Waals surface area (Å²) in [6.45, 7) is 4.29. The van der Waals surface area contributed by atoms with Crippen molar-refractivity contribution in [1.82, 2.24) is 15.3 Å². The van der Waals surface area contributed by atoms with E-state index in [0.29, 0.717) is 29.1 Å². The summed E-state index contributed by atoms with van der Waals surface area (Å²) in [5, 5.41) is 3.90. The molecule has 7 heteroatoms. The Morgan fingerprint density at radius 2 is 2.13 bits per heavy atom. The number of nitrogens with one attached hydrogen (secondary N) is 1. The maximum absolute atomic E-state index is 12.6. The normalized spacial score (nSPS) is 15.7. The maximum Gasteiger partial charge on any atom is 0.261 e. The van der Waals surface area contributed by atoms with Crippen LogP contribution in [0.2, 0.25) is 0 Å². The van der Waals surface area contributed by atoms with Crippen LogP contribution in [0.4, 0.5) is 0 Å². The molecule has 2 aromatic rings. The number of hydrogen-bond donors (Lipinski definition) is 1. The monoisotopic (exact) mass is 335 g/mol. The number of carbonyl (C=O) groups is 1. The van der Waals surface area contributed by atoms with E-state index in [0.717, 1.165) is 15.8 Å². The minimum Gasteiger partial charge on any atom is -0.480 e. The molecule has 124 valence electrons. The number of aryl methyl sites for hydroxylation is 1. The molecule has 2 heterocycles. The summed E-state index contributed by atoms with van der Waals surface area (Å²) >= 11 is 1.38. The van der Waals surface area contributed by atoms with Crippen LogP contribution in [0.25, 0.3) is 10.2 Å². The van der Waals surface area contributed by atoms with Gasteiger partial charge in [0.2, 0.25) is 5.88 Å². The molecule has 1 aliphatic carbocycles. The van der Waals surface area contributed by atoms with E-state index < -0.39 is 0 Å². The molecule has 0 aliphatic heterocycles. The van der Waals surface area contributed by atoms with Crippen molar-refractivity contribution in [2.45, 2.75) is 39.3 Å². The SMILES string of the molecule is COCc1nc(OC)c2c(C)c(C(=O)NC(C)C3CC3)sc2n1. The molecular formula is C16H21N3O3S. The molecular weight excluding hydrogens is 314 g/mol. The van der Waals surface area contributed by atoms with Crippen LogP contribution in [0.1, 0.15) is 40.8 Å². The standard InChI is InChI=1S/C16H21N3O3S/c1-8-12-15(22-4)18-11(7-21-3)19-16(12)23-13(8)14(20)17-9(2)10-5-6-10/h9-10H,5-7H2,1-4H3,(H,17,20). The van der Waals surface area contributed by atoms with Gasteiger partial charge in [-0.05, 0) is 38.2 Å². The van der Waals surface area contributed by atoms with Crippen molar-refractivity contribution < 1.29 is 14.3 Å². The molecule has 1 fully saturated rings. The zero-order chi connectivity index (χ0) is 16.6. The highest BCUT2D eigenvalue weighted by Gasteiger charge is 2.30. The van der Waals surface area contributed by atoms with E-state index in [1.807, 2.05) is 6.92 Å². The lowest BCUT2D eigenvalue weighted by Gasteiger charge is -2.12. The fraction of sp³-hybridized carbons (Fsp3) is 0.562. The van der Waals surface area contributed by atoms with Crippen LogP contribution < -0.4 is 10.1 Å². The lowest BCUT2D eigenvalue weighted by Crippen LogP contribution is -2.33. The largest absolute Gasteiger partial charge is 0.480 e. The highest BCUT2D eigenvalue weighted by atomic mass is 32.1. The fourth-order valence-electron chi connectivity index (χ4n) is 2.69. The van der Waals surface area contributed by atoms with E-state index in [2.05, 4.69) is 22.2 Å². The topological polar surface area (TPSA) is 73.3 Å². The molecule has 0 radical (unpaired) electrons. The summed E-state index contributed by atoms with van der Waals surface area (Å²) in [5.41, 5.74) is 0.867. The highest BCUT2D eigenvalue weighted by molar-refractivity contribution is 7.20. The molecule has 0 bridgehead atoms. The Morgan fingerprint density at radius 1 is 1.39 bits per heavy atom. The fourth-order valence-corrected chi connectivity index (χ4v) is 3.78. The third-order valence-corrected chi connectivity index (χ3v) is 5.35. The summed E-state index contributed by atoms with van der Waals surface area (Å²) < 4.78 is 10.5. The van der Waals surface area contributed by atoms with Gasteiger partial charge >= 0.3 is 0 Å².